The lowest BCUT2D eigenvalue weighted by Crippen LogP contribution is -2.28. The van der Waals surface area contributed by atoms with Crippen molar-refractivity contribution in [2.45, 2.75) is 30.6 Å². The molecule has 0 radical (unpaired) electrons. The first-order valence-electron chi connectivity index (χ1n) is 18.9. The molecule has 0 fully saturated rings. The standard InChI is InChI=1S/C52H39N/c1-51(2)45-23-10-6-19-39(45)43-29-27-37(32-49(43)51)53(36-18-14-17-35(31-36)34-15-4-3-5-16-34)38-28-30-44-42-22-9-13-26-48(42)52(50(44)33-38)46-24-11-7-20-40(46)41-21-8-12-25-47(41)52/h3-33,43,49H,1-2H3. The van der Waals surface area contributed by atoms with E-state index in [4.69, 9.17) is 0 Å². The zero-order valence-corrected chi connectivity index (χ0v) is 30.0. The van der Waals surface area contributed by atoms with Crippen molar-refractivity contribution < 1.29 is 0 Å². The molecule has 0 N–H and O–H groups in total. The number of fused-ring (bicyclic) bond motifs is 13. The lowest BCUT2D eigenvalue weighted by molar-refractivity contribution is 0.392. The summed E-state index contributed by atoms with van der Waals surface area (Å²) in [5.74, 6) is 0.713. The quantitative estimate of drug-likeness (QED) is 0.179. The Morgan fingerprint density at radius 1 is 0.453 bits per heavy atom. The van der Waals surface area contributed by atoms with Crippen LogP contribution in [0.4, 0.5) is 11.4 Å². The molecule has 7 aromatic rings. The van der Waals surface area contributed by atoms with E-state index in [0.29, 0.717) is 11.8 Å². The number of anilines is 2. The molecule has 4 aliphatic carbocycles. The molecule has 0 amide bonds. The van der Waals surface area contributed by atoms with Gasteiger partial charge in [-0.25, -0.2) is 0 Å². The van der Waals surface area contributed by atoms with Crippen LogP contribution in [0.3, 0.4) is 0 Å². The third kappa shape index (κ3) is 4.14. The normalized spacial score (nSPS) is 18.7. The van der Waals surface area contributed by atoms with Gasteiger partial charge in [0, 0.05) is 23.0 Å². The van der Waals surface area contributed by atoms with Gasteiger partial charge < -0.3 is 4.90 Å². The summed E-state index contributed by atoms with van der Waals surface area (Å²) in [7, 11) is 0. The highest BCUT2D eigenvalue weighted by atomic mass is 15.1. The highest BCUT2D eigenvalue weighted by Crippen LogP contribution is 2.63. The molecule has 2 unspecified atom stereocenters. The number of hydrogen-bond acceptors (Lipinski definition) is 1. The van der Waals surface area contributed by atoms with Gasteiger partial charge in [0.2, 0.25) is 0 Å². The van der Waals surface area contributed by atoms with Crippen LogP contribution in [-0.4, -0.2) is 0 Å². The Labute approximate surface area is 312 Å². The summed E-state index contributed by atoms with van der Waals surface area (Å²) in [5.41, 5.74) is 19.3. The maximum absolute atomic E-state index is 2.57. The van der Waals surface area contributed by atoms with Crippen LogP contribution in [0.1, 0.15) is 53.1 Å². The second-order valence-electron chi connectivity index (χ2n) is 15.7. The van der Waals surface area contributed by atoms with E-state index in [9.17, 15) is 0 Å². The molecule has 11 rings (SSSR count). The van der Waals surface area contributed by atoms with Gasteiger partial charge in [-0.05, 0) is 108 Å². The second-order valence-corrected chi connectivity index (χ2v) is 15.7. The van der Waals surface area contributed by atoms with Crippen molar-refractivity contribution in [2.75, 3.05) is 4.90 Å². The minimum atomic E-state index is -0.399. The molecule has 0 saturated carbocycles. The fourth-order valence-electron chi connectivity index (χ4n) is 10.4. The van der Waals surface area contributed by atoms with E-state index in [2.05, 4.69) is 207 Å². The van der Waals surface area contributed by atoms with Gasteiger partial charge in [0.05, 0.1) is 5.41 Å². The Hall–Kier alpha value is -6.18. The number of rotatable bonds is 4. The average Bonchev–Trinajstić information content (AvgIpc) is 3.77. The van der Waals surface area contributed by atoms with Crippen LogP contribution in [0, 0.1) is 5.92 Å². The summed E-state index contributed by atoms with van der Waals surface area (Å²) in [4.78, 5) is 2.52. The molecule has 2 atom stereocenters. The number of allylic oxidation sites excluding steroid dienone is 3. The summed E-state index contributed by atoms with van der Waals surface area (Å²) in [6.07, 6.45) is 7.42. The highest BCUT2D eigenvalue weighted by Gasteiger charge is 2.52. The fourth-order valence-corrected chi connectivity index (χ4v) is 10.4. The van der Waals surface area contributed by atoms with Crippen LogP contribution in [0.25, 0.3) is 33.4 Å². The smallest absolute Gasteiger partial charge is 0.0726 e. The third-order valence-corrected chi connectivity index (χ3v) is 12.8. The summed E-state index contributed by atoms with van der Waals surface area (Å²) in [6.45, 7) is 4.85. The van der Waals surface area contributed by atoms with Crippen molar-refractivity contribution in [3.8, 4) is 33.4 Å². The van der Waals surface area contributed by atoms with Crippen molar-refractivity contribution in [3.05, 3.63) is 227 Å². The van der Waals surface area contributed by atoms with Crippen LogP contribution in [0.15, 0.2) is 194 Å². The molecular weight excluding hydrogens is 639 g/mol. The second kappa shape index (κ2) is 11.2. The van der Waals surface area contributed by atoms with Crippen LogP contribution in [0.2, 0.25) is 0 Å². The SMILES string of the molecule is CC1(C)c2ccccc2C2C=CC(N(c3cccc(-c4ccccc4)c3)c3ccc4c(c3)C3(c5ccccc5-c5ccccc53)c3ccccc3-4)=CC21. The van der Waals surface area contributed by atoms with E-state index in [0.717, 1.165) is 5.69 Å². The van der Waals surface area contributed by atoms with E-state index in [-0.39, 0.29) is 5.41 Å². The molecule has 0 heterocycles. The minimum Gasteiger partial charge on any atom is -0.311 e. The topological polar surface area (TPSA) is 3.24 Å². The number of nitrogens with zero attached hydrogens (tertiary/aromatic N) is 1. The first kappa shape index (κ1) is 30.4. The predicted molar refractivity (Wildman–Crippen MR) is 220 cm³/mol. The van der Waals surface area contributed by atoms with Gasteiger partial charge in [-0.1, -0.05) is 172 Å². The summed E-state index contributed by atoms with van der Waals surface area (Å²) in [5, 5.41) is 0. The minimum absolute atomic E-state index is 0.00965. The zero-order valence-electron chi connectivity index (χ0n) is 30.0. The van der Waals surface area contributed by atoms with Gasteiger partial charge in [-0.2, -0.15) is 0 Å². The summed E-state index contributed by atoms with van der Waals surface area (Å²) < 4.78 is 0. The Bertz CT molecular complexity index is 2610. The molecule has 1 nitrogen and oxygen atoms in total. The lowest BCUT2D eigenvalue weighted by Gasteiger charge is -2.36. The number of hydrogen-bond donors (Lipinski definition) is 0. The molecule has 0 bridgehead atoms. The van der Waals surface area contributed by atoms with Crippen LogP contribution < -0.4 is 4.90 Å². The van der Waals surface area contributed by atoms with E-state index < -0.39 is 5.41 Å². The molecule has 1 spiro atoms. The van der Waals surface area contributed by atoms with E-state index >= 15 is 0 Å². The Kier molecular flexibility index (Phi) is 6.41. The van der Waals surface area contributed by atoms with Crippen molar-refractivity contribution in [2.24, 2.45) is 5.92 Å². The molecule has 252 valence electrons. The van der Waals surface area contributed by atoms with Crippen molar-refractivity contribution in [1.29, 1.82) is 0 Å². The maximum atomic E-state index is 2.57. The molecule has 0 saturated heterocycles. The molecular formula is C52H39N. The Morgan fingerprint density at radius 2 is 1.00 bits per heavy atom. The van der Waals surface area contributed by atoms with Crippen molar-refractivity contribution >= 4 is 11.4 Å². The zero-order chi connectivity index (χ0) is 35.3. The Morgan fingerprint density at radius 3 is 1.68 bits per heavy atom. The third-order valence-electron chi connectivity index (χ3n) is 12.8. The van der Waals surface area contributed by atoms with Crippen LogP contribution >= 0.6 is 0 Å². The molecule has 53 heavy (non-hydrogen) atoms. The molecule has 7 aromatic carbocycles. The van der Waals surface area contributed by atoms with E-state index in [1.807, 2.05) is 0 Å². The molecule has 0 aromatic heterocycles. The van der Waals surface area contributed by atoms with Gasteiger partial charge in [-0.3, -0.25) is 0 Å². The average molecular weight is 678 g/mol. The van der Waals surface area contributed by atoms with Crippen molar-refractivity contribution in [3.63, 3.8) is 0 Å². The molecule has 4 aliphatic rings. The van der Waals surface area contributed by atoms with Gasteiger partial charge in [0.25, 0.3) is 0 Å². The number of benzene rings is 7. The largest absolute Gasteiger partial charge is 0.311 e. The van der Waals surface area contributed by atoms with Gasteiger partial charge in [-0.15, -0.1) is 0 Å². The van der Waals surface area contributed by atoms with Crippen LogP contribution in [0.5, 0.6) is 0 Å². The fraction of sp³-hybridized carbons (Fsp3) is 0.115. The van der Waals surface area contributed by atoms with Gasteiger partial charge in [0.15, 0.2) is 0 Å². The first-order chi connectivity index (χ1) is 26.0. The van der Waals surface area contributed by atoms with E-state index in [1.165, 1.54) is 78.1 Å². The van der Waals surface area contributed by atoms with Gasteiger partial charge in [0.1, 0.15) is 0 Å². The Balaban J connectivity index is 1.15. The molecule has 0 aliphatic heterocycles. The molecule has 1 heteroatoms. The maximum Gasteiger partial charge on any atom is 0.0726 e. The van der Waals surface area contributed by atoms with Crippen LogP contribution in [-0.2, 0) is 10.8 Å². The van der Waals surface area contributed by atoms with Crippen molar-refractivity contribution in [1.82, 2.24) is 0 Å². The highest BCUT2D eigenvalue weighted by molar-refractivity contribution is 5.96. The summed E-state index contributed by atoms with van der Waals surface area (Å²) >= 11 is 0. The predicted octanol–water partition coefficient (Wildman–Crippen LogP) is 13.0. The monoisotopic (exact) mass is 677 g/mol. The van der Waals surface area contributed by atoms with Gasteiger partial charge >= 0.3 is 0 Å². The summed E-state index contributed by atoms with van der Waals surface area (Å²) in [6, 6.07) is 63.4. The first-order valence-corrected chi connectivity index (χ1v) is 18.9. The van der Waals surface area contributed by atoms with E-state index in [1.54, 1.807) is 0 Å². The lowest BCUT2D eigenvalue weighted by atomic mass is 9.70.